The van der Waals surface area contributed by atoms with Crippen LogP contribution in [0.2, 0.25) is 0 Å². The van der Waals surface area contributed by atoms with E-state index < -0.39 is 5.97 Å². The van der Waals surface area contributed by atoms with Crippen molar-refractivity contribution < 1.29 is 9.90 Å². The first-order valence-corrected chi connectivity index (χ1v) is 10.9. The number of piperazine rings is 1. The fraction of sp³-hybridized carbons (Fsp3) is 0.455. The predicted octanol–water partition coefficient (Wildman–Crippen LogP) is 3.10. The molecule has 0 unspecified atom stereocenters. The second kappa shape index (κ2) is 8.14. The predicted molar refractivity (Wildman–Crippen MR) is 119 cm³/mol. The Morgan fingerprint density at radius 2 is 1.94 bits per heavy atom. The second-order valence-electron chi connectivity index (χ2n) is 8.28. The van der Waals surface area contributed by atoms with Crippen LogP contribution in [-0.4, -0.2) is 56.8 Å². The molecule has 1 saturated heterocycles. The van der Waals surface area contributed by atoms with Gasteiger partial charge in [0.1, 0.15) is 17.2 Å². The van der Waals surface area contributed by atoms with Crippen molar-refractivity contribution in [1.82, 2.24) is 24.8 Å². The van der Waals surface area contributed by atoms with Crippen LogP contribution >= 0.6 is 0 Å². The zero-order chi connectivity index (χ0) is 21.4. The Hall–Kier alpha value is -3.20. The lowest BCUT2D eigenvalue weighted by atomic mass is 10.2. The van der Waals surface area contributed by atoms with Gasteiger partial charge in [0.15, 0.2) is 0 Å². The number of anilines is 3. The van der Waals surface area contributed by atoms with E-state index in [0.29, 0.717) is 23.1 Å². The molecule has 5 rings (SSSR count). The van der Waals surface area contributed by atoms with Gasteiger partial charge in [0, 0.05) is 43.8 Å². The van der Waals surface area contributed by atoms with Crippen molar-refractivity contribution in [2.75, 3.05) is 36.4 Å². The number of hydrogen-bond donors (Lipinski definition) is 3. The van der Waals surface area contributed by atoms with Gasteiger partial charge in [-0.1, -0.05) is 12.8 Å². The molecule has 2 aliphatic rings. The molecule has 9 nitrogen and oxygen atoms in total. The topological polar surface area (TPSA) is 108 Å². The molecule has 0 spiro atoms. The zero-order valence-corrected chi connectivity index (χ0v) is 17.6. The summed E-state index contributed by atoms with van der Waals surface area (Å²) in [6, 6.07) is 4.14. The van der Waals surface area contributed by atoms with Crippen molar-refractivity contribution in [3.05, 3.63) is 35.8 Å². The number of nitrogens with zero attached hydrogens (tertiary/aromatic N) is 5. The third-order valence-electron chi connectivity index (χ3n) is 6.36. The van der Waals surface area contributed by atoms with E-state index in [1.807, 2.05) is 29.8 Å². The minimum absolute atomic E-state index is 0.168. The fourth-order valence-electron chi connectivity index (χ4n) is 4.76. The summed E-state index contributed by atoms with van der Waals surface area (Å²) in [6.45, 7) is 5.73. The molecular weight excluding hydrogens is 394 g/mol. The summed E-state index contributed by atoms with van der Waals surface area (Å²) in [4.78, 5) is 28.0. The van der Waals surface area contributed by atoms with E-state index in [9.17, 15) is 9.90 Å². The largest absolute Gasteiger partial charge is 0.477 e. The van der Waals surface area contributed by atoms with E-state index in [1.165, 1.54) is 0 Å². The molecule has 1 aliphatic carbocycles. The number of carbonyl (C=O) groups is 1. The Labute approximate surface area is 180 Å². The highest BCUT2D eigenvalue weighted by Crippen LogP contribution is 2.36. The van der Waals surface area contributed by atoms with Crippen LogP contribution in [0, 0.1) is 6.92 Å². The Bertz CT molecular complexity index is 1100. The SMILES string of the molecule is Cc1c(C(=O)O)n(C2CCCC2)c2nc(Nc3ccc(N4CCNCC4)cn3)ncc12. The van der Waals surface area contributed by atoms with E-state index in [2.05, 4.69) is 25.5 Å². The number of rotatable bonds is 5. The molecule has 3 aromatic heterocycles. The summed E-state index contributed by atoms with van der Waals surface area (Å²) < 4.78 is 1.91. The van der Waals surface area contributed by atoms with Crippen molar-refractivity contribution >= 4 is 34.5 Å². The number of fused-ring (bicyclic) bond motifs is 1. The van der Waals surface area contributed by atoms with Crippen LogP contribution in [0.1, 0.15) is 47.8 Å². The smallest absolute Gasteiger partial charge is 0.352 e. The van der Waals surface area contributed by atoms with Gasteiger partial charge in [-0.15, -0.1) is 0 Å². The average Bonchev–Trinajstić information content (AvgIpc) is 3.41. The molecule has 2 fully saturated rings. The van der Waals surface area contributed by atoms with Crippen LogP contribution in [0.4, 0.5) is 17.5 Å². The number of pyridine rings is 1. The maximum Gasteiger partial charge on any atom is 0.352 e. The molecule has 0 aromatic carbocycles. The lowest BCUT2D eigenvalue weighted by Gasteiger charge is -2.29. The van der Waals surface area contributed by atoms with Crippen LogP contribution in [0.15, 0.2) is 24.5 Å². The zero-order valence-electron chi connectivity index (χ0n) is 17.6. The average molecular weight is 422 g/mol. The van der Waals surface area contributed by atoms with Crippen LogP contribution in [-0.2, 0) is 0 Å². The maximum absolute atomic E-state index is 12.0. The van der Waals surface area contributed by atoms with Crippen molar-refractivity contribution in [2.24, 2.45) is 0 Å². The van der Waals surface area contributed by atoms with Crippen LogP contribution < -0.4 is 15.5 Å². The molecular formula is C22H27N7O2. The summed E-state index contributed by atoms with van der Waals surface area (Å²) >= 11 is 0. The molecule has 0 radical (unpaired) electrons. The summed E-state index contributed by atoms with van der Waals surface area (Å²) in [5.41, 5.74) is 2.82. The third-order valence-corrected chi connectivity index (χ3v) is 6.36. The highest BCUT2D eigenvalue weighted by atomic mass is 16.4. The van der Waals surface area contributed by atoms with E-state index in [-0.39, 0.29) is 6.04 Å². The highest BCUT2D eigenvalue weighted by Gasteiger charge is 2.28. The van der Waals surface area contributed by atoms with Gasteiger partial charge in [-0.2, -0.15) is 4.98 Å². The Balaban J connectivity index is 1.45. The number of aromatic nitrogens is 4. The maximum atomic E-state index is 12.0. The van der Waals surface area contributed by atoms with Gasteiger partial charge in [-0.05, 0) is 37.5 Å². The standard InChI is InChI=1S/C22H27N7O2/c1-14-17-13-25-22(26-18-7-6-16(12-24-18)28-10-8-23-9-11-28)27-20(17)29(19(14)21(30)31)15-4-2-3-5-15/h6-7,12-13,15,23H,2-5,8-11H2,1H3,(H,30,31)(H,24,25,26,27). The number of aromatic carboxylic acids is 1. The van der Waals surface area contributed by atoms with E-state index in [0.717, 1.165) is 68.5 Å². The normalized spacial score (nSPS) is 17.4. The second-order valence-corrected chi connectivity index (χ2v) is 8.28. The lowest BCUT2D eigenvalue weighted by molar-refractivity contribution is 0.0682. The van der Waals surface area contributed by atoms with Crippen LogP contribution in [0.5, 0.6) is 0 Å². The summed E-state index contributed by atoms with van der Waals surface area (Å²) in [7, 11) is 0. The van der Waals surface area contributed by atoms with E-state index in [4.69, 9.17) is 4.98 Å². The molecule has 9 heteroatoms. The molecule has 1 aliphatic heterocycles. The molecule has 0 amide bonds. The van der Waals surface area contributed by atoms with Crippen LogP contribution in [0.3, 0.4) is 0 Å². The van der Waals surface area contributed by atoms with Crippen LogP contribution in [0.25, 0.3) is 11.0 Å². The molecule has 4 heterocycles. The monoisotopic (exact) mass is 421 g/mol. The van der Waals surface area contributed by atoms with Gasteiger partial charge in [0.25, 0.3) is 0 Å². The summed E-state index contributed by atoms with van der Waals surface area (Å²) in [5.74, 6) is 0.165. The summed E-state index contributed by atoms with van der Waals surface area (Å²) in [6.07, 6.45) is 7.76. The molecule has 1 saturated carbocycles. The van der Waals surface area contributed by atoms with Gasteiger partial charge in [0.2, 0.25) is 5.95 Å². The van der Waals surface area contributed by atoms with Gasteiger partial charge in [-0.25, -0.2) is 14.8 Å². The quantitative estimate of drug-likeness (QED) is 0.577. The first-order valence-electron chi connectivity index (χ1n) is 10.9. The van der Waals surface area contributed by atoms with Crippen molar-refractivity contribution in [2.45, 2.75) is 38.6 Å². The van der Waals surface area contributed by atoms with Gasteiger partial charge in [0.05, 0.1) is 11.9 Å². The first-order chi connectivity index (χ1) is 15.1. The third kappa shape index (κ3) is 3.69. The Kier molecular flexibility index (Phi) is 5.19. The first kappa shape index (κ1) is 19.7. The minimum Gasteiger partial charge on any atom is -0.477 e. The lowest BCUT2D eigenvalue weighted by Crippen LogP contribution is -2.43. The van der Waals surface area contributed by atoms with Gasteiger partial charge in [-0.3, -0.25) is 0 Å². The molecule has 0 bridgehead atoms. The number of carboxylic acid groups (broad SMARTS) is 1. The van der Waals surface area contributed by atoms with Crippen molar-refractivity contribution in [1.29, 1.82) is 0 Å². The van der Waals surface area contributed by atoms with Gasteiger partial charge >= 0.3 is 5.97 Å². The number of hydrogen-bond acceptors (Lipinski definition) is 7. The van der Waals surface area contributed by atoms with Crippen molar-refractivity contribution in [3.8, 4) is 0 Å². The Morgan fingerprint density at radius 1 is 1.16 bits per heavy atom. The number of carboxylic acids is 1. The Morgan fingerprint density at radius 3 is 2.61 bits per heavy atom. The molecule has 3 aromatic rings. The number of aryl methyl sites for hydroxylation is 1. The molecule has 0 atom stereocenters. The van der Waals surface area contributed by atoms with E-state index >= 15 is 0 Å². The minimum atomic E-state index is -0.915. The molecule has 3 N–H and O–H groups in total. The van der Waals surface area contributed by atoms with Crippen molar-refractivity contribution in [3.63, 3.8) is 0 Å². The molecule has 31 heavy (non-hydrogen) atoms. The van der Waals surface area contributed by atoms with Gasteiger partial charge < -0.3 is 25.2 Å². The summed E-state index contributed by atoms with van der Waals surface area (Å²) in [5, 5.41) is 17.2. The number of nitrogens with one attached hydrogen (secondary N) is 2. The fourth-order valence-corrected chi connectivity index (χ4v) is 4.76. The van der Waals surface area contributed by atoms with E-state index in [1.54, 1.807) is 6.20 Å². The molecule has 162 valence electrons. The highest BCUT2D eigenvalue weighted by molar-refractivity contribution is 5.97.